The number of hydrogen-bond donors (Lipinski definition) is 2. The summed E-state index contributed by atoms with van der Waals surface area (Å²) in [5.74, 6) is 1.16. The van der Waals surface area contributed by atoms with Crippen LogP contribution in [-0.2, 0) is 0 Å². The molecule has 0 radical (unpaired) electrons. The molecule has 19 heavy (non-hydrogen) atoms. The monoisotopic (exact) mass is 260 g/mol. The Bertz CT molecular complexity index is 584. The van der Waals surface area contributed by atoms with Gasteiger partial charge in [0, 0.05) is 6.20 Å². The maximum atomic E-state index is 8.57. The minimum absolute atomic E-state index is 0.106. The molecule has 0 atom stereocenters. The van der Waals surface area contributed by atoms with E-state index in [9.17, 15) is 0 Å². The van der Waals surface area contributed by atoms with E-state index in [1.165, 1.54) is 12.3 Å². The number of benzene rings is 1. The van der Waals surface area contributed by atoms with Crippen molar-refractivity contribution in [3.8, 4) is 17.5 Å². The normalized spacial score (nSPS) is 11.1. The fourth-order valence-electron chi connectivity index (χ4n) is 1.33. The lowest BCUT2D eigenvalue weighted by Gasteiger charge is -2.05. The van der Waals surface area contributed by atoms with Crippen LogP contribution >= 0.6 is 0 Å². The summed E-state index contributed by atoms with van der Waals surface area (Å²) in [6.45, 7) is 0. The Morgan fingerprint density at radius 3 is 2.53 bits per heavy atom. The number of aromatic nitrogens is 2. The van der Waals surface area contributed by atoms with Crippen molar-refractivity contribution in [1.29, 1.82) is 0 Å². The maximum absolute atomic E-state index is 8.57. The van der Waals surface area contributed by atoms with E-state index in [-0.39, 0.29) is 17.5 Å². The maximum Gasteiger partial charge on any atom is 0.322 e. The van der Waals surface area contributed by atoms with Crippen LogP contribution in [0.5, 0.6) is 17.5 Å². The summed E-state index contributed by atoms with van der Waals surface area (Å²) in [5.41, 5.74) is 5.71. The molecule has 7 heteroatoms. The summed E-state index contributed by atoms with van der Waals surface area (Å²) in [5, 5.41) is 11.4. The van der Waals surface area contributed by atoms with Crippen LogP contribution in [0.2, 0.25) is 0 Å². The van der Waals surface area contributed by atoms with Crippen molar-refractivity contribution >= 4 is 5.84 Å². The number of methoxy groups -OCH3 is 1. The van der Waals surface area contributed by atoms with E-state index in [2.05, 4.69) is 15.1 Å². The zero-order valence-corrected chi connectivity index (χ0v) is 10.1. The molecule has 1 aromatic heterocycles. The fourth-order valence-corrected chi connectivity index (χ4v) is 1.33. The minimum Gasteiger partial charge on any atom is -0.497 e. The smallest absolute Gasteiger partial charge is 0.322 e. The molecule has 0 saturated heterocycles. The predicted octanol–water partition coefficient (Wildman–Crippen LogP) is 1.37. The van der Waals surface area contributed by atoms with Gasteiger partial charge in [-0.25, -0.2) is 4.98 Å². The second kappa shape index (κ2) is 5.67. The molecule has 0 aliphatic carbocycles. The molecule has 3 N–H and O–H groups in total. The zero-order chi connectivity index (χ0) is 13.7. The van der Waals surface area contributed by atoms with Crippen LogP contribution in [0.4, 0.5) is 0 Å². The first-order chi connectivity index (χ1) is 9.22. The third kappa shape index (κ3) is 3.09. The zero-order valence-electron chi connectivity index (χ0n) is 10.1. The van der Waals surface area contributed by atoms with Crippen LogP contribution in [0.15, 0.2) is 41.7 Å². The summed E-state index contributed by atoms with van der Waals surface area (Å²) >= 11 is 0. The van der Waals surface area contributed by atoms with Crippen LogP contribution in [0.25, 0.3) is 0 Å². The first-order valence-electron chi connectivity index (χ1n) is 5.36. The molecule has 0 unspecified atom stereocenters. The van der Waals surface area contributed by atoms with Crippen molar-refractivity contribution in [2.45, 2.75) is 0 Å². The van der Waals surface area contributed by atoms with Crippen LogP contribution in [0, 0.1) is 0 Å². The van der Waals surface area contributed by atoms with Crippen molar-refractivity contribution in [1.82, 2.24) is 9.97 Å². The number of hydrogen-bond acceptors (Lipinski definition) is 6. The summed E-state index contributed by atoms with van der Waals surface area (Å²) in [6, 6.07) is 8.56. The number of ether oxygens (including phenoxy) is 2. The average Bonchev–Trinajstić information content (AvgIpc) is 2.47. The van der Waals surface area contributed by atoms with Gasteiger partial charge in [0.05, 0.1) is 7.11 Å². The Morgan fingerprint density at radius 1 is 1.21 bits per heavy atom. The highest BCUT2D eigenvalue weighted by Crippen LogP contribution is 2.21. The molecule has 0 aliphatic rings. The molecule has 1 heterocycles. The van der Waals surface area contributed by atoms with E-state index in [4.69, 9.17) is 20.4 Å². The lowest BCUT2D eigenvalue weighted by Crippen LogP contribution is -2.15. The van der Waals surface area contributed by atoms with Gasteiger partial charge >= 0.3 is 6.01 Å². The summed E-state index contributed by atoms with van der Waals surface area (Å²) in [7, 11) is 1.58. The van der Waals surface area contributed by atoms with Gasteiger partial charge in [-0.05, 0) is 30.3 Å². The number of amidine groups is 1. The van der Waals surface area contributed by atoms with E-state index in [0.29, 0.717) is 5.75 Å². The lowest BCUT2D eigenvalue weighted by molar-refractivity contribution is 0.318. The molecule has 98 valence electrons. The Kier molecular flexibility index (Phi) is 3.77. The van der Waals surface area contributed by atoms with Crippen LogP contribution in [0.3, 0.4) is 0 Å². The average molecular weight is 260 g/mol. The van der Waals surface area contributed by atoms with E-state index >= 15 is 0 Å². The third-order valence-corrected chi connectivity index (χ3v) is 2.27. The molecule has 0 bridgehead atoms. The quantitative estimate of drug-likeness (QED) is 0.372. The van der Waals surface area contributed by atoms with Gasteiger partial charge in [0.15, 0.2) is 5.84 Å². The van der Waals surface area contributed by atoms with Gasteiger partial charge in [-0.1, -0.05) is 5.16 Å². The molecule has 0 saturated carbocycles. The third-order valence-electron chi connectivity index (χ3n) is 2.27. The number of nitrogens with two attached hydrogens (primary N) is 1. The highest BCUT2D eigenvalue weighted by Gasteiger charge is 2.05. The largest absolute Gasteiger partial charge is 0.497 e. The predicted molar refractivity (Wildman–Crippen MR) is 67.6 cm³/mol. The molecule has 0 amide bonds. The van der Waals surface area contributed by atoms with Crippen LogP contribution < -0.4 is 15.2 Å². The number of nitrogens with zero attached hydrogens (tertiary/aromatic N) is 3. The molecule has 0 spiro atoms. The Balaban J connectivity index is 2.18. The highest BCUT2D eigenvalue weighted by molar-refractivity contribution is 5.95. The Labute approximate surface area is 109 Å². The lowest BCUT2D eigenvalue weighted by atomic mass is 10.3. The summed E-state index contributed by atoms with van der Waals surface area (Å²) in [4.78, 5) is 7.94. The summed E-state index contributed by atoms with van der Waals surface area (Å²) < 4.78 is 10.5. The summed E-state index contributed by atoms with van der Waals surface area (Å²) in [6.07, 6.45) is 1.46. The van der Waals surface area contributed by atoms with Crippen molar-refractivity contribution in [2.24, 2.45) is 10.9 Å². The van der Waals surface area contributed by atoms with E-state index in [1.807, 2.05) is 0 Å². The van der Waals surface area contributed by atoms with E-state index < -0.39 is 0 Å². The highest BCUT2D eigenvalue weighted by atomic mass is 16.5. The van der Waals surface area contributed by atoms with Crippen LogP contribution in [0.1, 0.15) is 5.69 Å². The second-order valence-corrected chi connectivity index (χ2v) is 3.49. The number of rotatable bonds is 4. The first kappa shape index (κ1) is 12.6. The molecule has 2 aromatic rings. The van der Waals surface area contributed by atoms with Crippen molar-refractivity contribution in [2.75, 3.05) is 7.11 Å². The van der Waals surface area contributed by atoms with Gasteiger partial charge in [-0.3, -0.25) is 0 Å². The number of oxime groups is 1. The van der Waals surface area contributed by atoms with Crippen molar-refractivity contribution < 1.29 is 14.7 Å². The molecule has 7 nitrogen and oxygen atoms in total. The van der Waals surface area contributed by atoms with E-state index in [1.54, 1.807) is 31.4 Å². The molecule has 0 aliphatic heterocycles. The van der Waals surface area contributed by atoms with Gasteiger partial charge in [-0.2, -0.15) is 4.98 Å². The fraction of sp³-hybridized carbons (Fsp3) is 0.0833. The molecular weight excluding hydrogens is 248 g/mol. The first-order valence-corrected chi connectivity index (χ1v) is 5.36. The SMILES string of the molecule is COc1ccc(Oc2nccc(/C(N)=N/O)n2)cc1. The van der Waals surface area contributed by atoms with Crippen molar-refractivity contribution in [3.63, 3.8) is 0 Å². The molecule has 1 aromatic carbocycles. The molecule has 2 rings (SSSR count). The van der Waals surface area contributed by atoms with Gasteiger partial charge < -0.3 is 20.4 Å². The van der Waals surface area contributed by atoms with E-state index in [0.717, 1.165) is 5.75 Å². The van der Waals surface area contributed by atoms with Crippen LogP contribution in [-0.4, -0.2) is 28.1 Å². The topological polar surface area (TPSA) is 103 Å². The van der Waals surface area contributed by atoms with Gasteiger partial charge in [0.2, 0.25) is 0 Å². The van der Waals surface area contributed by atoms with Gasteiger partial charge in [0.25, 0.3) is 0 Å². The minimum atomic E-state index is -0.109. The standard InChI is InChI=1S/C12H12N4O3/c1-18-8-2-4-9(5-3-8)19-12-14-7-6-10(15-12)11(13)16-17/h2-7,17H,1H3,(H2,13,16). The Hall–Kier alpha value is -2.83. The molecular formula is C12H12N4O3. The van der Waals surface area contributed by atoms with Gasteiger partial charge in [0.1, 0.15) is 17.2 Å². The molecule has 0 fully saturated rings. The second-order valence-electron chi connectivity index (χ2n) is 3.49. The van der Waals surface area contributed by atoms with Crippen molar-refractivity contribution in [3.05, 3.63) is 42.2 Å². The van der Waals surface area contributed by atoms with Gasteiger partial charge in [-0.15, -0.1) is 0 Å². The Morgan fingerprint density at radius 2 is 1.89 bits per heavy atom.